The molecule has 3 unspecified atom stereocenters. The lowest BCUT2D eigenvalue weighted by Gasteiger charge is -2.38. The number of carbonyl (C=O) groups excluding carboxylic acids is 2. The van der Waals surface area contributed by atoms with Crippen molar-refractivity contribution in [2.24, 2.45) is 17.8 Å². The summed E-state index contributed by atoms with van der Waals surface area (Å²) in [6.07, 6.45) is 5.87. The molecule has 1 aromatic carbocycles. The van der Waals surface area contributed by atoms with Gasteiger partial charge in [0.05, 0.1) is 12.3 Å². The predicted octanol–water partition coefficient (Wildman–Crippen LogP) is 3.41. The van der Waals surface area contributed by atoms with Gasteiger partial charge in [0.25, 0.3) is 0 Å². The number of nitrogens with zero attached hydrogens (tertiary/aromatic N) is 1. The van der Waals surface area contributed by atoms with Crippen molar-refractivity contribution in [1.29, 1.82) is 0 Å². The first-order chi connectivity index (χ1) is 12.5. The summed E-state index contributed by atoms with van der Waals surface area (Å²) in [5.74, 6) is 1.30. The Morgan fingerprint density at radius 1 is 1.04 bits per heavy atom. The summed E-state index contributed by atoms with van der Waals surface area (Å²) in [5.41, 5.74) is 1.04. The van der Waals surface area contributed by atoms with Gasteiger partial charge in [-0.1, -0.05) is 50.6 Å². The number of amides is 2. The fraction of sp³-hybridized carbons (Fsp3) is 0.636. The monoisotopic (exact) mass is 356 g/mol. The van der Waals surface area contributed by atoms with Crippen LogP contribution in [0.3, 0.4) is 0 Å². The van der Waals surface area contributed by atoms with Crippen LogP contribution in [-0.4, -0.2) is 35.8 Å². The molecule has 0 spiro atoms. The number of nitrogens with one attached hydrogen (secondary N) is 1. The maximum atomic E-state index is 12.8. The summed E-state index contributed by atoms with van der Waals surface area (Å²) in [4.78, 5) is 27.3. The highest BCUT2D eigenvalue weighted by molar-refractivity contribution is 5.82. The number of likely N-dealkylation sites (tertiary alicyclic amines) is 1. The number of hydrogen-bond acceptors (Lipinski definition) is 2. The summed E-state index contributed by atoms with van der Waals surface area (Å²) < 4.78 is 0. The van der Waals surface area contributed by atoms with Gasteiger partial charge in [-0.2, -0.15) is 0 Å². The number of piperidine rings is 1. The zero-order chi connectivity index (χ0) is 18.5. The molecular weight excluding hydrogens is 324 g/mol. The Bertz CT molecular complexity index is 606. The molecule has 0 aromatic heterocycles. The van der Waals surface area contributed by atoms with E-state index in [4.69, 9.17) is 0 Å². The highest BCUT2D eigenvalue weighted by atomic mass is 16.2. The minimum absolute atomic E-state index is 0.0650. The smallest absolute Gasteiger partial charge is 0.227 e. The molecule has 142 valence electrons. The molecule has 1 saturated heterocycles. The van der Waals surface area contributed by atoms with E-state index < -0.39 is 0 Å². The lowest BCUT2D eigenvalue weighted by Crippen LogP contribution is -2.51. The van der Waals surface area contributed by atoms with Gasteiger partial charge in [0.1, 0.15) is 0 Å². The third-order valence-electron chi connectivity index (χ3n) is 6.20. The van der Waals surface area contributed by atoms with Gasteiger partial charge < -0.3 is 10.2 Å². The van der Waals surface area contributed by atoms with E-state index in [2.05, 4.69) is 19.2 Å². The second-order valence-corrected chi connectivity index (χ2v) is 8.26. The molecule has 3 rings (SSSR count). The Kier molecular flexibility index (Phi) is 6.33. The summed E-state index contributed by atoms with van der Waals surface area (Å²) >= 11 is 0. The van der Waals surface area contributed by atoms with E-state index >= 15 is 0 Å². The van der Waals surface area contributed by atoms with Crippen molar-refractivity contribution in [2.75, 3.05) is 13.1 Å². The molecule has 0 bridgehead atoms. The molecule has 1 saturated carbocycles. The molecule has 2 fully saturated rings. The van der Waals surface area contributed by atoms with E-state index in [9.17, 15) is 9.59 Å². The zero-order valence-electron chi connectivity index (χ0n) is 16.1. The molecule has 1 N–H and O–H groups in total. The Balaban J connectivity index is 1.55. The van der Waals surface area contributed by atoms with Crippen molar-refractivity contribution < 1.29 is 9.59 Å². The van der Waals surface area contributed by atoms with Gasteiger partial charge in [0, 0.05) is 19.1 Å². The van der Waals surface area contributed by atoms with Crippen molar-refractivity contribution in [3.63, 3.8) is 0 Å². The lowest BCUT2D eigenvalue weighted by molar-refractivity contribution is -0.135. The molecule has 4 heteroatoms. The van der Waals surface area contributed by atoms with Crippen LogP contribution < -0.4 is 5.32 Å². The van der Waals surface area contributed by atoms with Crippen molar-refractivity contribution >= 4 is 11.8 Å². The number of hydrogen-bond donors (Lipinski definition) is 1. The summed E-state index contributed by atoms with van der Waals surface area (Å²) in [7, 11) is 0. The Morgan fingerprint density at radius 2 is 1.73 bits per heavy atom. The average Bonchev–Trinajstić information content (AvgIpc) is 2.65. The molecule has 1 aromatic rings. The van der Waals surface area contributed by atoms with Gasteiger partial charge in [-0.3, -0.25) is 9.59 Å². The van der Waals surface area contributed by atoms with Crippen molar-refractivity contribution in [1.82, 2.24) is 10.2 Å². The van der Waals surface area contributed by atoms with Crippen LogP contribution in [0.5, 0.6) is 0 Å². The minimum atomic E-state index is -0.0650. The molecule has 3 atom stereocenters. The third kappa shape index (κ3) is 4.66. The SMILES string of the molecule is CC1CCCC(C)C1NC(=O)C1CCCN(C(=O)Cc2ccccc2)C1. The van der Waals surface area contributed by atoms with Gasteiger partial charge in [-0.05, 0) is 43.1 Å². The molecule has 4 nitrogen and oxygen atoms in total. The molecular formula is C22H32N2O2. The van der Waals surface area contributed by atoms with Crippen LogP contribution in [0.25, 0.3) is 0 Å². The molecule has 1 heterocycles. The van der Waals surface area contributed by atoms with Gasteiger partial charge in [-0.15, -0.1) is 0 Å². The molecule has 2 aliphatic rings. The van der Waals surface area contributed by atoms with Gasteiger partial charge in [0.15, 0.2) is 0 Å². The van der Waals surface area contributed by atoms with Crippen molar-refractivity contribution in [3.8, 4) is 0 Å². The largest absolute Gasteiger partial charge is 0.353 e. The van der Waals surface area contributed by atoms with E-state index in [1.807, 2.05) is 35.2 Å². The molecule has 1 aliphatic carbocycles. The maximum absolute atomic E-state index is 12.8. The molecule has 26 heavy (non-hydrogen) atoms. The third-order valence-corrected chi connectivity index (χ3v) is 6.20. The number of carbonyl (C=O) groups is 2. The van der Waals surface area contributed by atoms with E-state index in [0.29, 0.717) is 24.8 Å². The highest BCUT2D eigenvalue weighted by Gasteiger charge is 2.33. The fourth-order valence-corrected chi connectivity index (χ4v) is 4.55. The van der Waals surface area contributed by atoms with Crippen molar-refractivity contribution in [2.45, 2.75) is 58.4 Å². The number of benzene rings is 1. The topological polar surface area (TPSA) is 49.4 Å². The minimum Gasteiger partial charge on any atom is -0.353 e. The van der Waals surface area contributed by atoms with Crippen molar-refractivity contribution in [3.05, 3.63) is 35.9 Å². The number of rotatable bonds is 4. The van der Waals surface area contributed by atoms with E-state index in [-0.39, 0.29) is 23.8 Å². The predicted molar refractivity (Wildman–Crippen MR) is 104 cm³/mol. The first-order valence-electron chi connectivity index (χ1n) is 10.2. The second kappa shape index (κ2) is 8.70. The van der Waals surface area contributed by atoms with Crippen LogP contribution in [-0.2, 0) is 16.0 Å². The molecule has 2 amide bonds. The average molecular weight is 357 g/mol. The standard InChI is InChI=1S/C22H32N2O2/c1-16-8-6-9-17(2)21(16)23-22(26)19-12-7-13-24(15-19)20(25)14-18-10-4-3-5-11-18/h3-5,10-11,16-17,19,21H,6-9,12-15H2,1-2H3,(H,23,26). The van der Waals surface area contributed by atoms with Gasteiger partial charge >= 0.3 is 0 Å². The van der Waals surface area contributed by atoms with Crippen LogP contribution in [0.4, 0.5) is 0 Å². The van der Waals surface area contributed by atoms with Crippen LogP contribution in [0.15, 0.2) is 30.3 Å². The summed E-state index contributed by atoms with van der Waals surface area (Å²) in [5, 5.41) is 3.32. The van der Waals surface area contributed by atoms with Crippen LogP contribution in [0, 0.1) is 17.8 Å². The summed E-state index contributed by atoms with van der Waals surface area (Å²) in [6.45, 7) is 5.83. The van der Waals surface area contributed by atoms with Crippen LogP contribution in [0.1, 0.15) is 51.5 Å². The van der Waals surface area contributed by atoms with E-state index in [0.717, 1.165) is 24.9 Å². The first-order valence-corrected chi connectivity index (χ1v) is 10.2. The summed E-state index contributed by atoms with van der Waals surface area (Å²) in [6, 6.07) is 10.1. The Hall–Kier alpha value is -1.84. The van der Waals surface area contributed by atoms with Gasteiger partial charge in [-0.25, -0.2) is 0 Å². The molecule has 1 aliphatic heterocycles. The van der Waals surface area contributed by atoms with E-state index in [1.54, 1.807) is 0 Å². The fourth-order valence-electron chi connectivity index (χ4n) is 4.55. The van der Waals surface area contributed by atoms with Crippen LogP contribution in [0.2, 0.25) is 0 Å². The second-order valence-electron chi connectivity index (χ2n) is 8.26. The zero-order valence-corrected chi connectivity index (χ0v) is 16.1. The quantitative estimate of drug-likeness (QED) is 0.899. The molecule has 0 radical (unpaired) electrons. The highest BCUT2D eigenvalue weighted by Crippen LogP contribution is 2.29. The lowest BCUT2D eigenvalue weighted by atomic mass is 9.78. The van der Waals surface area contributed by atoms with E-state index in [1.165, 1.54) is 19.3 Å². The van der Waals surface area contributed by atoms with Crippen LogP contribution >= 0.6 is 0 Å². The first kappa shape index (κ1) is 18.9. The Labute approximate surface area is 157 Å². The van der Waals surface area contributed by atoms with Gasteiger partial charge in [0.2, 0.25) is 11.8 Å². The normalized spacial score (nSPS) is 29.2. The Morgan fingerprint density at radius 3 is 2.42 bits per heavy atom. The maximum Gasteiger partial charge on any atom is 0.227 e.